The van der Waals surface area contributed by atoms with Crippen LogP contribution in [0.5, 0.6) is 0 Å². The molecule has 18 heavy (non-hydrogen) atoms. The van der Waals surface area contributed by atoms with Crippen LogP contribution >= 0.6 is 0 Å². The van der Waals surface area contributed by atoms with E-state index in [1.165, 1.54) is 4.31 Å². The summed E-state index contributed by atoms with van der Waals surface area (Å²) in [5, 5.41) is 9.10. The van der Waals surface area contributed by atoms with Crippen molar-refractivity contribution in [2.24, 2.45) is 5.92 Å². The second kappa shape index (κ2) is 5.29. The van der Waals surface area contributed by atoms with E-state index in [0.717, 1.165) is 24.9 Å². The number of hydrogen-bond donors (Lipinski definition) is 1. The monoisotopic (exact) mass is 274 g/mol. The number of pyridine rings is 1. The first-order valence-corrected chi connectivity index (χ1v) is 7.19. The van der Waals surface area contributed by atoms with Gasteiger partial charge in [0.1, 0.15) is 10.7 Å². The highest BCUT2D eigenvalue weighted by molar-refractivity contribution is 7.89. The number of aliphatic hydroxyl groups is 1. The Kier molecular flexibility index (Phi) is 3.94. The van der Waals surface area contributed by atoms with Crippen LogP contribution in [0, 0.1) is 11.7 Å². The number of rotatable bonds is 3. The third-order valence-corrected chi connectivity index (χ3v) is 4.89. The standard InChI is InChI=1S/C11H15FN2O3S/c12-10-4-11(6-13-5-10)18(16,17)14-3-1-2-9(7-14)8-15/h4-6,9,15H,1-3,7-8H2/t9-/m1/s1. The molecule has 0 unspecified atom stereocenters. The molecule has 1 aromatic heterocycles. The largest absolute Gasteiger partial charge is 0.396 e. The van der Waals surface area contributed by atoms with Gasteiger partial charge in [0.2, 0.25) is 10.0 Å². The van der Waals surface area contributed by atoms with Crippen LogP contribution in [-0.4, -0.2) is 42.5 Å². The van der Waals surface area contributed by atoms with Gasteiger partial charge in [-0.1, -0.05) is 0 Å². The Hall–Kier alpha value is -1.05. The Balaban J connectivity index is 2.25. The van der Waals surface area contributed by atoms with Crippen molar-refractivity contribution in [3.05, 3.63) is 24.3 Å². The van der Waals surface area contributed by atoms with Crippen molar-refractivity contribution in [1.82, 2.24) is 9.29 Å². The highest BCUT2D eigenvalue weighted by Crippen LogP contribution is 2.23. The first kappa shape index (κ1) is 13.4. The lowest BCUT2D eigenvalue weighted by molar-refractivity contribution is 0.165. The average molecular weight is 274 g/mol. The van der Waals surface area contributed by atoms with E-state index in [1.54, 1.807) is 0 Å². The average Bonchev–Trinajstić information content (AvgIpc) is 2.39. The lowest BCUT2D eigenvalue weighted by Gasteiger charge is -2.30. The fourth-order valence-corrected chi connectivity index (χ4v) is 3.61. The molecule has 1 saturated heterocycles. The van der Waals surface area contributed by atoms with Gasteiger partial charge in [0.15, 0.2) is 0 Å². The normalized spacial score (nSPS) is 22.0. The number of aromatic nitrogens is 1. The van der Waals surface area contributed by atoms with Crippen LogP contribution in [-0.2, 0) is 10.0 Å². The summed E-state index contributed by atoms with van der Waals surface area (Å²) < 4.78 is 38.8. The molecule has 7 heteroatoms. The maximum atomic E-state index is 13.0. The molecule has 0 spiro atoms. The van der Waals surface area contributed by atoms with Gasteiger partial charge in [-0.3, -0.25) is 4.98 Å². The van der Waals surface area contributed by atoms with Crippen molar-refractivity contribution < 1.29 is 17.9 Å². The van der Waals surface area contributed by atoms with Crippen molar-refractivity contribution >= 4 is 10.0 Å². The van der Waals surface area contributed by atoms with Crippen molar-refractivity contribution in [2.75, 3.05) is 19.7 Å². The van der Waals surface area contributed by atoms with Crippen LogP contribution < -0.4 is 0 Å². The van der Waals surface area contributed by atoms with Gasteiger partial charge in [-0.05, 0) is 24.8 Å². The number of piperidine rings is 1. The van der Waals surface area contributed by atoms with Gasteiger partial charge in [0.05, 0.1) is 6.20 Å². The van der Waals surface area contributed by atoms with E-state index in [-0.39, 0.29) is 24.0 Å². The summed E-state index contributed by atoms with van der Waals surface area (Å²) in [5.41, 5.74) is 0. The highest BCUT2D eigenvalue weighted by Gasteiger charge is 2.30. The van der Waals surface area contributed by atoms with Gasteiger partial charge in [-0.25, -0.2) is 12.8 Å². The Bertz CT molecular complexity index is 521. The topological polar surface area (TPSA) is 70.5 Å². The molecule has 5 nitrogen and oxygen atoms in total. The summed E-state index contributed by atoms with van der Waals surface area (Å²) >= 11 is 0. The summed E-state index contributed by atoms with van der Waals surface area (Å²) in [6.45, 7) is 0.637. The maximum absolute atomic E-state index is 13.0. The summed E-state index contributed by atoms with van der Waals surface area (Å²) in [7, 11) is -3.71. The van der Waals surface area contributed by atoms with Crippen LogP contribution in [0.25, 0.3) is 0 Å². The minimum atomic E-state index is -3.71. The molecule has 2 heterocycles. The second-order valence-electron chi connectivity index (χ2n) is 4.39. The van der Waals surface area contributed by atoms with Gasteiger partial charge in [0, 0.05) is 25.9 Å². The van der Waals surface area contributed by atoms with Crippen LogP contribution in [0.3, 0.4) is 0 Å². The van der Waals surface area contributed by atoms with Crippen LogP contribution in [0.1, 0.15) is 12.8 Å². The third kappa shape index (κ3) is 2.68. The fourth-order valence-electron chi connectivity index (χ4n) is 2.08. The molecular formula is C11H15FN2O3S. The van der Waals surface area contributed by atoms with E-state index in [1.807, 2.05) is 0 Å². The SMILES string of the molecule is O=S(=O)(c1cncc(F)c1)N1CCC[C@@H](CO)C1. The Labute approximate surface area is 105 Å². The summed E-state index contributed by atoms with van der Waals surface area (Å²) in [5.74, 6) is -0.721. The molecule has 100 valence electrons. The Morgan fingerprint density at radius 1 is 1.50 bits per heavy atom. The predicted molar refractivity (Wildman–Crippen MR) is 62.8 cm³/mol. The number of halogens is 1. The van der Waals surface area contributed by atoms with Gasteiger partial charge in [-0.2, -0.15) is 4.31 Å². The molecule has 0 radical (unpaired) electrons. The van der Waals surface area contributed by atoms with E-state index in [4.69, 9.17) is 5.11 Å². The third-order valence-electron chi connectivity index (χ3n) is 3.06. The molecule has 0 saturated carbocycles. The zero-order valence-corrected chi connectivity index (χ0v) is 10.6. The molecule has 0 aliphatic carbocycles. The summed E-state index contributed by atoms with van der Waals surface area (Å²) in [4.78, 5) is 3.42. The summed E-state index contributed by atoms with van der Waals surface area (Å²) in [6.07, 6.45) is 3.61. The molecule has 2 rings (SSSR count). The molecule has 0 amide bonds. The Morgan fingerprint density at radius 3 is 2.94 bits per heavy atom. The van der Waals surface area contributed by atoms with Crippen LogP contribution in [0.2, 0.25) is 0 Å². The van der Waals surface area contributed by atoms with Gasteiger partial charge < -0.3 is 5.11 Å². The zero-order valence-electron chi connectivity index (χ0n) is 9.79. The predicted octanol–water partition coefficient (Wildman–Crippen LogP) is 0.614. The van der Waals surface area contributed by atoms with E-state index in [9.17, 15) is 12.8 Å². The zero-order chi connectivity index (χ0) is 13.2. The van der Waals surface area contributed by atoms with Gasteiger partial charge in [-0.15, -0.1) is 0 Å². The van der Waals surface area contributed by atoms with Crippen LogP contribution in [0.15, 0.2) is 23.4 Å². The number of sulfonamides is 1. The summed E-state index contributed by atoms with van der Waals surface area (Å²) in [6, 6.07) is 0.963. The van der Waals surface area contributed by atoms with Crippen molar-refractivity contribution in [3.8, 4) is 0 Å². The lowest BCUT2D eigenvalue weighted by atomic mass is 10.0. The molecule has 1 aliphatic heterocycles. The van der Waals surface area contributed by atoms with Crippen molar-refractivity contribution in [1.29, 1.82) is 0 Å². The molecule has 0 bridgehead atoms. The highest BCUT2D eigenvalue weighted by atomic mass is 32.2. The molecule has 1 fully saturated rings. The Morgan fingerprint density at radius 2 is 2.28 bits per heavy atom. The van der Waals surface area contributed by atoms with Gasteiger partial charge in [0.25, 0.3) is 0 Å². The molecule has 1 atom stereocenters. The number of nitrogens with zero attached hydrogens (tertiary/aromatic N) is 2. The first-order valence-electron chi connectivity index (χ1n) is 5.75. The fraction of sp³-hybridized carbons (Fsp3) is 0.545. The van der Waals surface area contributed by atoms with Crippen molar-refractivity contribution in [2.45, 2.75) is 17.7 Å². The van der Waals surface area contributed by atoms with Crippen LogP contribution in [0.4, 0.5) is 4.39 Å². The number of aliphatic hydroxyl groups excluding tert-OH is 1. The van der Waals surface area contributed by atoms with Gasteiger partial charge >= 0.3 is 0 Å². The number of hydrogen-bond acceptors (Lipinski definition) is 4. The smallest absolute Gasteiger partial charge is 0.244 e. The maximum Gasteiger partial charge on any atom is 0.244 e. The van der Waals surface area contributed by atoms with E-state index in [0.29, 0.717) is 13.0 Å². The molecule has 1 aromatic rings. The molecule has 1 aliphatic rings. The molecule has 1 N–H and O–H groups in total. The quantitative estimate of drug-likeness (QED) is 0.877. The first-order chi connectivity index (χ1) is 8.54. The van der Waals surface area contributed by atoms with E-state index in [2.05, 4.69) is 4.98 Å². The lowest BCUT2D eigenvalue weighted by Crippen LogP contribution is -2.40. The second-order valence-corrected chi connectivity index (χ2v) is 6.33. The minimum Gasteiger partial charge on any atom is -0.396 e. The van der Waals surface area contributed by atoms with Crippen molar-refractivity contribution in [3.63, 3.8) is 0 Å². The minimum absolute atomic E-state index is 0.0343. The van der Waals surface area contributed by atoms with E-state index < -0.39 is 15.8 Å². The molecule has 0 aromatic carbocycles. The molecular weight excluding hydrogens is 259 g/mol. The van der Waals surface area contributed by atoms with E-state index >= 15 is 0 Å².